The summed E-state index contributed by atoms with van der Waals surface area (Å²) in [5.74, 6) is 1.43. The van der Waals surface area contributed by atoms with Gasteiger partial charge in [-0.15, -0.1) is 0 Å². The van der Waals surface area contributed by atoms with Gasteiger partial charge >= 0.3 is 0 Å². The van der Waals surface area contributed by atoms with Gasteiger partial charge in [0.15, 0.2) is 11.6 Å². The van der Waals surface area contributed by atoms with E-state index in [4.69, 9.17) is 14.4 Å². The van der Waals surface area contributed by atoms with Crippen LogP contribution in [0.4, 0.5) is 0 Å². The minimum atomic E-state index is 0.573. The van der Waals surface area contributed by atoms with E-state index in [0.717, 1.165) is 38.8 Å². The molecule has 0 spiro atoms. The van der Waals surface area contributed by atoms with Crippen LogP contribution in [-0.2, 0) is 0 Å². The first-order chi connectivity index (χ1) is 25.3. The van der Waals surface area contributed by atoms with Crippen molar-refractivity contribution in [1.82, 2.24) is 18.9 Å². The Balaban J connectivity index is 1.34. The molecular formula is C46H26N4O. The number of rotatable bonds is 3. The van der Waals surface area contributed by atoms with E-state index in [9.17, 15) is 0 Å². The first-order valence-electron chi connectivity index (χ1n) is 17.3. The van der Waals surface area contributed by atoms with Crippen molar-refractivity contribution in [3.63, 3.8) is 0 Å². The quantitative estimate of drug-likeness (QED) is 0.191. The molecule has 0 amide bonds. The van der Waals surface area contributed by atoms with Gasteiger partial charge in [0.2, 0.25) is 5.71 Å². The number of nitrogens with zero attached hydrogens (tertiary/aromatic N) is 4. The highest BCUT2D eigenvalue weighted by Gasteiger charge is 2.27. The van der Waals surface area contributed by atoms with Gasteiger partial charge in [-0.2, -0.15) is 4.98 Å². The average Bonchev–Trinajstić information content (AvgIpc) is 3.93. The van der Waals surface area contributed by atoms with Crippen molar-refractivity contribution in [1.29, 1.82) is 0 Å². The molecule has 0 saturated carbocycles. The van der Waals surface area contributed by atoms with Crippen LogP contribution in [0.15, 0.2) is 162 Å². The van der Waals surface area contributed by atoms with Gasteiger partial charge < -0.3 is 8.82 Å². The van der Waals surface area contributed by atoms with E-state index >= 15 is 0 Å². The van der Waals surface area contributed by atoms with Crippen LogP contribution in [-0.4, -0.2) is 18.9 Å². The fourth-order valence-electron chi connectivity index (χ4n) is 8.54. The largest absolute Gasteiger partial charge is 0.437 e. The minimum Gasteiger partial charge on any atom is -0.437 e. The van der Waals surface area contributed by atoms with Crippen LogP contribution < -0.4 is 0 Å². The van der Waals surface area contributed by atoms with Gasteiger partial charge in [-0.1, -0.05) is 121 Å². The molecule has 5 heteroatoms. The fraction of sp³-hybridized carbons (Fsp3) is 0. The summed E-state index contributed by atoms with van der Waals surface area (Å²) in [6.07, 6.45) is 0. The van der Waals surface area contributed by atoms with E-state index < -0.39 is 0 Å². The van der Waals surface area contributed by atoms with Crippen molar-refractivity contribution in [3.05, 3.63) is 158 Å². The Labute approximate surface area is 290 Å². The number of hydrogen-bond donors (Lipinski definition) is 0. The molecule has 51 heavy (non-hydrogen) atoms. The summed E-state index contributed by atoms with van der Waals surface area (Å²) in [5, 5.41) is 9.24. The Morgan fingerprint density at radius 2 is 1.08 bits per heavy atom. The van der Waals surface area contributed by atoms with E-state index in [1.165, 1.54) is 60.0 Å². The number of benzene rings is 7. The van der Waals surface area contributed by atoms with Crippen LogP contribution in [0, 0.1) is 0 Å². The van der Waals surface area contributed by atoms with Gasteiger partial charge in [0.1, 0.15) is 5.58 Å². The molecule has 0 saturated heterocycles. The van der Waals surface area contributed by atoms with Crippen LogP contribution in [0.25, 0.3) is 110 Å². The Morgan fingerprint density at radius 3 is 1.88 bits per heavy atom. The van der Waals surface area contributed by atoms with E-state index in [0.29, 0.717) is 11.5 Å². The van der Waals surface area contributed by atoms with Crippen LogP contribution in [0.1, 0.15) is 0 Å². The summed E-state index contributed by atoms with van der Waals surface area (Å²) in [6.45, 7) is 0. The highest BCUT2D eigenvalue weighted by atomic mass is 16.3. The van der Waals surface area contributed by atoms with Crippen molar-refractivity contribution < 1.29 is 4.42 Å². The predicted molar refractivity (Wildman–Crippen MR) is 209 cm³/mol. The SMILES string of the molecule is c1ccc(-c2ccc3c(c2)c2c4c5ccccc5n5c6ccccc6c(cc2n3-c2nc(-c3ccccc3)nc3oc6ccccc6c23)c45)cc1. The second kappa shape index (κ2) is 9.80. The number of aromatic nitrogens is 4. The lowest BCUT2D eigenvalue weighted by atomic mass is 9.99. The van der Waals surface area contributed by atoms with Crippen molar-refractivity contribution in [2.45, 2.75) is 0 Å². The highest BCUT2D eigenvalue weighted by Crippen LogP contribution is 2.48. The normalized spacial score (nSPS) is 12.3. The van der Waals surface area contributed by atoms with Gasteiger partial charge in [-0.3, -0.25) is 4.57 Å². The topological polar surface area (TPSA) is 48.3 Å². The fourth-order valence-corrected chi connectivity index (χ4v) is 8.54. The molecule has 0 unspecified atom stereocenters. The molecule has 0 aliphatic carbocycles. The maximum Gasteiger partial charge on any atom is 0.233 e. The molecule has 12 rings (SSSR count). The molecule has 5 nitrogen and oxygen atoms in total. The van der Waals surface area contributed by atoms with Gasteiger partial charge in [-0.25, -0.2) is 4.98 Å². The summed E-state index contributed by atoms with van der Waals surface area (Å²) in [4.78, 5) is 10.5. The lowest BCUT2D eigenvalue weighted by molar-refractivity contribution is 0.653. The second-order valence-electron chi connectivity index (χ2n) is 13.4. The zero-order valence-corrected chi connectivity index (χ0v) is 27.2. The molecule has 0 fully saturated rings. The predicted octanol–water partition coefficient (Wildman–Crippen LogP) is 12.0. The van der Waals surface area contributed by atoms with Crippen LogP contribution in [0.5, 0.6) is 0 Å². The summed E-state index contributed by atoms with van der Waals surface area (Å²) in [7, 11) is 0. The van der Waals surface area contributed by atoms with Crippen molar-refractivity contribution in [3.8, 4) is 28.3 Å². The van der Waals surface area contributed by atoms with Crippen LogP contribution in [0.3, 0.4) is 0 Å². The molecule has 5 aromatic heterocycles. The van der Waals surface area contributed by atoms with E-state index in [2.05, 4.69) is 136 Å². The third-order valence-corrected chi connectivity index (χ3v) is 10.7. The number of furan rings is 1. The van der Waals surface area contributed by atoms with Crippen LogP contribution >= 0.6 is 0 Å². The first kappa shape index (κ1) is 26.9. The monoisotopic (exact) mass is 650 g/mol. The number of fused-ring (bicyclic) bond motifs is 13. The van der Waals surface area contributed by atoms with Crippen molar-refractivity contribution in [2.24, 2.45) is 0 Å². The van der Waals surface area contributed by atoms with Crippen LogP contribution in [0.2, 0.25) is 0 Å². The Bertz CT molecular complexity index is 3350. The summed E-state index contributed by atoms with van der Waals surface area (Å²) in [6, 6.07) is 55.9. The maximum atomic E-state index is 6.50. The lowest BCUT2D eigenvalue weighted by Crippen LogP contribution is -2.02. The summed E-state index contributed by atoms with van der Waals surface area (Å²) >= 11 is 0. The molecule has 0 aliphatic heterocycles. The zero-order valence-electron chi connectivity index (χ0n) is 27.2. The van der Waals surface area contributed by atoms with Crippen molar-refractivity contribution in [2.75, 3.05) is 0 Å². The number of para-hydroxylation sites is 3. The molecule has 7 aromatic carbocycles. The van der Waals surface area contributed by atoms with Gasteiger partial charge in [0.05, 0.1) is 33.0 Å². The molecule has 0 atom stereocenters. The Hall–Kier alpha value is -6.98. The molecule has 5 heterocycles. The minimum absolute atomic E-state index is 0.573. The lowest BCUT2D eigenvalue weighted by Gasteiger charge is -2.11. The highest BCUT2D eigenvalue weighted by molar-refractivity contribution is 6.36. The van der Waals surface area contributed by atoms with E-state index in [1.807, 2.05) is 30.3 Å². The molecule has 0 bridgehead atoms. The third kappa shape index (κ3) is 3.54. The summed E-state index contributed by atoms with van der Waals surface area (Å²) < 4.78 is 11.3. The van der Waals surface area contributed by atoms with E-state index in [-0.39, 0.29) is 0 Å². The molecular weight excluding hydrogens is 625 g/mol. The molecule has 0 aliphatic rings. The molecule has 0 radical (unpaired) electrons. The van der Waals surface area contributed by atoms with Gasteiger partial charge in [0, 0.05) is 43.3 Å². The molecule has 236 valence electrons. The zero-order chi connectivity index (χ0) is 33.2. The standard InChI is InChI=1S/C46H26N4O/c1-3-13-27(14-4-1)29-23-24-37-34(25-29)40-38(26-33-30-17-7-10-20-35(30)49-36-21-11-8-18-31(36)41(40)43(33)49)50(37)45-42-32-19-9-12-22-39(32)51-46(42)48-44(47-45)28-15-5-2-6-16-28/h1-26H. The van der Waals surface area contributed by atoms with Gasteiger partial charge in [-0.05, 0) is 47.5 Å². The Morgan fingerprint density at radius 1 is 0.412 bits per heavy atom. The third-order valence-electron chi connectivity index (χ3n) is 10.7. The van der Waals surface area contributed by atoms with Gasteiger partial charge in [0.25, 0.3) is 0 Å². The van der Waals surface area contributed by atoms with Crippen molar-refractivity contribution >= 4 is 82.0 Å². The smallest absolute Gasteiger partial charge is 0.233 e. The first-order valence-corrected chi connectivity index (χ1v) is 17.3. The Kier molecular flexibility index (Phi) is 5.17. The average molecular weight is 651 g/mol. The summed E-state index contributed by atoms with van der Waals surface area (Å²) in [5.41, 5.74) is 10.5. The second-order valence-corrected chi connectivity index (χ2v) is 13.4. The molecule has 12 aromatic rings. The number of hydrogen-bond acceptors (Lipinski definition) is 3. The maximum absolute atomic E-state index is 6.50. The van der Waals surface area contributed by atoms with E-state index in [1.54, 1.807) is 0 Å². The molecule has 0 N–H and O–H groups in total.